The molecule has 0 bridgehead atoms. The maximum Gasteiger partial charge on any atom is 2.00 e. The standard InChI is InChI=1S/2C21H36O5.Ti/c2*1-5-8-15-23-19-13-11-18(12-14-19)21(4,26-22)20(24-16-9-6-2)25-17-10-7-3;/h2*11-14,20,22H,5-10,15-17H2,1-4H3;/q;;+2/p-2. The van der Waals surface area contributed by atoms with E-state index < -0.39 is 23.8 Å². The fraction of sp³-hybridized carbons (Fsp3) is 0.714. The van der Waals surface area contributed by atoms with Crippen LogP contribution in [0.2, 0.25) is 0 Å². The molecule has 10 nitrogen and oxygen atoms in total. The Morgan fingerprint density at radius 3 is 0.906 bits per heavy atom. The first-order valence-corrected chi connectivity index (χ1v) is 19.8. The third-order valence-corrected chi connectivity index (χ3v) is 8.70. The van der Waals surface area contributed by atoms with Gasteiger partial charge in [-0.3, -0.25) is 0 Å². The molecule has 0 aliphatic carbocycles. The molecule has 2 rings (SSSR count). The Morgan fingerprint density at radius 1 is 0.434 bits per heavy atom. The van der Waals surface area contributed by atoms with Crippen molar-refractivity contribution in [2.45, 2.75) is 156 Å². The Balaban J connectivity index is 0.00000100. The van der Waals surface area contributed by atoms with Crippen LogP contribution in [0.1, 0.15) is 144 Å². The Bertz CT molecular complexity index is 999. The van der Waals surface area contributed by atoms with Gasteiger partial charge < -0.3 is 48.7 Å². The SMILES string of the molecule is CCCCOc1ccc(C(C)(O[O-])C(OCCCC)OCCCC)cc1.CCCCOc1ccc(C(C)(O[O-])C(OCCCC)OCCCC)cc1.[Ti+2]. The number of benzene rings is 2. The quantitative estimate of drug-likeness (QED) is 0.0250. The van der Waals surface area contributed by atoms with E-state index in [0.717, 1.165) is 88.5 Å². The molecule has 2 unspecified atom stereocenters. The third kappa shape index (κ3) is 19.2. The number of rotatable bonds is 30. The minimum absolute atomic E-state index is 0. The summed E-state index contributed by atoms with van der Waals surface area (Å²) in [5, 5.41) is 23.3. The fourth-order valence-electron chi connectivity index (χ4n) is 4.95. The second kappa shape index (κ2) is 31.6. The number of ether oxygens (including phenoxy) is 6. The number of hydrogen-bond acceptors (Lipinski definition) is 10. The Hall–Kier alpha value is -1.57. The van der Waals surface area contributed by atoms with Crippen molar-refractivity contribution in [2.24, 2.45) is 0 Å². The van der Waals surface area contributed by atoms with Gasteiger partial charge in [-0.2, -0.15) is 0 Å². The average molecular weight is 783 g/mol. The summed E-state index contributed by atoms with van der Waals surface area (Å²) in [6.45, 7) is 19.6. The molecular formula is C42H70O10Ti. The van der Waals surface area contributed by atoms with E-state index >= 15 is 0 Å². The molecule has 0 saturated heterocycles. The summed E-state index contributed by atoms with van der Waals surface area (Å²) in [4.78, 5) is 9.29. The first-order valence-electron chi connectivity index (χ1n) is 19.8. The maximum atomic E-state index is 11.7. The van der Waals surface area contributed by atoms with Crippen molar-refractivity contribution >= 4 is 0 Å². The molecule has 0 aliphatic rings. The van der Waals surface area contributed by atoms with Crippen molar-refractivity contribution in [1.29, 1.82) is 0 Å². The zero-order chi connectivity index (χ0) is 38.5. The summed E-state index contributed by atoms with van der Waals surface area (Å²) in [6, 6.07) is 14.8. The van der Waals surface area contributed by atoms with Gasteiger partial charge in [-0.05, 0) is 87.8 Å². The molecule has 11 heteroatoms. The van der Waals surface area contributed by atoms with E-state index in [0.29, 0.717) is 50.8 Å². The van der Waals surface area contributed by atoms with Gasteiger partial charge in [0.05, 0.1) is 13.2 Å². The van der Waals surface area contributed by atoms with Gasteiger partial charge in [0.1, 0.15) is 22.7 Å². The van der Waals surface area contributed by atoms with Crippen molar-refractivity contribution in [2.75, 3.05) is 39.6 Å². The molecule has 0 aliphatic heterocycles. The van der Waals surface area contributed by atoms with E-state index in [1.54, 1.807) is 13.8 Å². The Morgan fingerprint density at radius 2 is 0.679 bits per heavy atom. The van der Waals surface area contributed by atoms with Crippen molar-refractivity contribution in [3.63, 3.8) is 0 Å². The van der Waals surface area contributed by atoms with Crippen LogP contribution in [-0.2, 0) is 61.6 Å². The van der Waals surface area contributed by atoms with Crippen molar-refractivity contribution in [3.8, 4) is 11.5 Å². The summed E-state index contributed by atoms with van der Waals surface area (Å²) < 4.78 is 34.9. The average Bonchev–Trinajstić information content (AvgIpc) is 3.17. The normalized spacial score (nSPS) is 13.5. The molecule has 0 amide bonds. The second-order valence-electron chi connectivity index (χ2n) is 13.4. The molecule has 0 fully saturated rings. The fourth-order valence-corrected chi connectivity index (χ4v) is 4.95. The molecule has 0 N–H and O–H groups in total. The van der Waals surface area contributed by atoms with Gasteiger partial charge in [0.25, 0.3) is 0 Å². The van der Waals surface area contributed by atoms with Crippen LogP contribution in [0.5, 0.6) is 11.5 Å². The summed E-state index contributed by atoms with van der Waals surface area (Å²) in [6.07, 6.45) is 10.4. The maximum absolute atomic E-state index is 11.7. The predicted octanol–water partition coefficient (Wildman–Crippen LogP) is 8.66. The molecule has 0 saturated carbocycles. The zero-order valence-electron chi connectivity index (χ0n) is 34.1. The molecule has 302 valence electrons. The molecule has 2 aromatic carbocycles. The van der Waals surface area contributed by atoms with E-state index in [2.05, 4.69) is 51.3 Å². The molecule has 0 heterocycles. The van der Waals surface area contributed by atoms with E-state index in [-0.39, 0.29) is 21.7 Å². The Kier molecular flexibility index (Phi) is 30.7. The van der Waals surface area contributed by atoms with Gasteiger partial charge >= 0.3 is 21.7 Å². The van der Waals surface area contributed by atoms with Crippen LogP contribution in [0, 0.1) is 0 Å². The minimum atomic E-state index is -1.22. The summed E-state index contributed by atoms with van der Waals surface area (Å²) >= 11 is 0. The second-order valence-corrected chi connectivity index (χ2v) is 13.4. The smallest absolute Gasteiger partial charge is 0.722 e. The molecule has 0 radical (unpaired) electrons. The van der Waals surface area contributed by atoms with Crippen LogP contribution in [0.3, 0.4) is 0 Å². The molecule has 2 aromatic rings. The van der Waals surface area contributed by atoms with Gasteiger partial charge in [-0.25, -0.2) is 0 Å². The van der Waals surface area contributed by atoms with E-state index in [1.165, 1.54) is 0 Å². The summed E-state index contributed by atoms with van der Waals surface area (Å²) in [5.41, 5.74) is -1.01. The van der Waals surface area contributed by atoms with Gasteiger partial charge in [-0.15, -0.1) is 0 Å². The van der Waals surface area contributed by atoms with Crippen LogP contribution < -0.4 is 20.0 Å². The number of hydrogen-bond donors (Lipinski definition) is 0. The van der Waals surface area contributed by atoms with Gasteiger partial charge in [0.2, 0.25) is 0 Å². The largest absolute Gasteiger partial charge is 2.00 e. The van der Waals surface area contributed by atoms with Crippen LogP contribution in [0.25, 0.3) is 0 Å². The summed E-state index contributed by atoms with van der Waals surface area (Å²) in [7, 11) is 0. The van der Waals surface area contributed by atoms with Crippen molar-refractivity contribution in [3.05, 3.63) is 59.7 Å². The van der Waals surface area contributed by atoms with E-state index in [1.807, 2.05) is 48.5 Å². The zero-order valence-corrected chi connectivity index (χ0v) is 35.6. The number of unbranched alkanes of at least 4 members (excludes halogenated alkanes) is 6. The van der Waals surface area contributed by atoms with Crippen molar-refractivity contribution < 1.29 is 70.4 Å². The van der Waals surface area contributed by atoms with Crippen LogP contribution in [-0.4, -0.2) is 52.2 Å². The molecule has 0 spiro atoms. The van der Waals surface area contributed by atoms with E-state index in [9.17, 15) is 10.5 Å². The monoisotopic (exact) mass is 782 g/mol. The van der Waals surface area contributed by atoms with Gasteiger partial charge in [0.15, 0.2) is 12.6 Å². The third-order valence-electron chi connectivity index (χ3n) is 8.70. The van der Waals surface area contributed by atoms with E-state index in [4.69, 9.17) is 28.4 Å². The van der Waals surface area contributed by atoms with Crippen molar-refractivity contribution in [1.82, 2.24) is 0 Å². The van der Waals surface area contributed by atoms with Gasteiger partial charge in [0, 0.05) is 26.4 Å². The van der Waals surface area contributed by atoms with Crippen LogP contribution in [0.4, 0.5) is 0 Å². The summed E-state index contributed by atoms with van der Waals surface area (Å²) in [5.74, 6) is 1.57. The van der Waals surface area contributed by atoms with Crippen LogP contribution in [0.15, 0.2) is 48.5 Å². The predicted molar refractivity (Wildman–Crippen MR) is 202 cm³/mol. The molecule has 53 heavy (non-hydrogen) atoms. The molecule has 2 atom stereocenters. The topological polar surface area (TPSA) is 120 Å². The molecule has 0 aromatic heterocycles. The first-order chi connectivity index (χ1) is 25.2. The first kappa shape index (κ1) is 51.4. The van der Waals surface area contributed by atoms with Crippen LogP contribution >= 0.6 is 0 Å². The molecular weight excluding hydrogens is 712 g/mol. The Labute approximate surface area is 336 Å². The van der Waals surface area contributed by atoms with Gasteiger partial charge in [-0.1, -0.05) is 104 Å². The minimum Gasteiger partial charge on any atom is -0.722 e.